The van der Waals surface area contributed by atoms with Crippen LogP contribution in [0.3, 0.4) is 0 Å². The predicted octanol–water partition coefficient (Wildman–Crippen LogP) is 6.92. The largest absolute Gasteiger partial charge is 0.444 e. The van der Waals surface area contributed by atoms with Crippen LogP contribution in [-0.4, -0.2) is 81.7 Å². The molecule has 0 bridgehead atoms. The number of benzene rings is 2. The molecule has 1 saturated heterocycles. The number of ether oxygens (including phenoxy) is 3. The summed E-state index contributed by atoms with van der Waals surface area (Å²) >= 11 is 0. The van der Waals surface area contributed by atoms with Crippen LogP contribution in [0, 0.1) is 0 Å². The van der Waals surface area contributed by atoms with Crippen molar-refractivity contribution in [3.8, 4) is 0 Å². The normalized spacial score (nSPS) is 17.6. The van der Waals surface area contributed by atoms with Gasteiger partial charge in [0.25, 0.3) is 0 Å². The summed E-state index contributed by atoms with van der Waals surface area (Å²) in [4.78, 5) is 54.8. The van der Waals surface area contributed by atoms with Crippen LogP contribution in [0.25, 0.3) is 10.9 Å². The van der Waals surface area contributed by atoms with Crippen LogP contribution < -0.4 is 16.0 Å². The standard InChI is InChI=1S/C40H57N5O7/c1-38(2,3)50-35(47)41-22-16-15-21-32-34(46)42-24-33(44(32)25-27-17-11-10-12-18-27)30(43-36(48)51-39(4,5)6)23-28-26-45(37(49)52-40(7,8)9)31-20-14-13-19-29(28)31/h10-14,17-20,26,30,32-33H,15-16,21-25H2,1-9H3,(H,41,47)(H,42,46)(H,43,48)/t30-,32-,33+/m0/s1. The van der Waals surface area contributed by atoms with E-state index < -0.39 is 47.2 Å². The molecule has 1 aromatic heterocycles. The molecule has 4 rings (SSSR count). The lowest BCUT2D eigenvalue weighted by molar-refractivity contribution is -0.132. The van der Waals surface area contributed by atoms with Crippen molar-refractivity contribution in [2.75, 3.05) is 13.1 Å². The van der Waals surface area contributed by atoms with Crippen LogP contribution in [-0.2, 0) is 32.0 Å². The van der Waals surface area contributed by atoms with Crippen LogP contribution >= 0.6 is 0 Å². The highest BCUT2D eigenvalue weighted by molar-refractivity contribution is 5.92. The Morgan fingerprint density at radius 3 is 2.10 bits per heavy atom. The summed E-state index contributed by atoms with van der Waals surface area (Å²) in [7, 11) is 0. The van der Waals surface area contributed by atoms with Crippen LogP contribution in [0.4, 0.5) is 14.4 Å². The van der Waals surface area contributed by atoms with Gasteiger partial charge in [0.15, 0.2) is 0 Å². The molecular formula is C40H57N5O7. The second-order valence-electron chi connectivity index (χ2n) is 16.4. The number of carbonyl (C=O) groups excluding carboxylic acids is 4. The van der Waals surface area contributed by atoms with E-state index in [4.69, 9.17) is 14.2 Å². The van der Waals surface area contributed by atoms with E-state index in [2.05, 4.69) is 20.9 Å². The Labute approximate surface area is 307 Å². The van der Waals surface area contributed by atoms with Crippen molar-refractivity contribution in [1.82, 2.24) is 25.4 Å². The van der Waals surface area contributed by atoms with Gasteiger partial charge in [0.1, 0.15) is 16.8 Å². The van der Waals surface area contributed by atoms with Gasteiger partial charge in [0, 0.05) is 37.3 Å². The van der Waals surface area contributed by atoms with Crippen molar-refractivity contribution in [1.29, 1.82) is 0 Å². The zero-order chi connectivity index (χ0) is 38.3. The minimum absolute atomic E-state index is 0.0928. The molecule has 284 valence electrons. The lowest BCUT2D eigenvalue weighted by atomic mass is 9.92. The summed E-state index contributed by atoms with van der Waals surface area (Å²) in [5.74, 6) is -0.0928. The number of hydrogen-bond donors (Lipinski definition) is 3. The van der Waals surface area contributed by atoms with Crippen molar-refractivity contribution in [2.45, 2.75) is 129 Å². The third-order valence-corrected chi connectivity index (χ3v) is 8.39. The van der Waals surface area contributed by atoms with E-state index in [0.717, 1.165) is 16.5 Å². The average Bonchev–Trinajstić information content (AvgIpc) is 3.38. The molecule has 3 atom stereocenters. The SMILES string of the molecule is CC(C)(C)OC(=O)NCCCC[C@H]1C(=O)NC[C@H]([C@H](Cc2cn(C(=O)OC(C)(C)C)c3ccccc23)NC(=O)OC(C)(C)C)N1Cc1ccccc1. The Balaban J connectivity index is 1.66. The molecule has 3 N–H and O–H groups in total. The molecule has 12 nitrogen and oxygen atoms in total. The van der Waals surface area contributed by atoms with Gasteiger partial charge in [-0.2, -0.15) is 0 Å². The van der Waals surface area contributed by atoms with Crippen molar-refractivity contribution < 1.29 is 33.4 Å². The third kappa shape index (κ3) is 12.0. The number of hydrogen-bond acceptors (Lipinski definition) is 8. The van der Waals surface area contributed by atoms with Gasteiger partial charge in [-0.1, -0.05) is 48.5 Å². The molecule has 2 aromatic carbocycles. The summed E-state index contributed by atoms with van der Waals surface area (Å²) in [5, 5.41) is 9.92. The summed E-state index contributed by atoms with van der Waals surface area (Å²) < 4.78 is 18.3. The Kier molecular flexibility index (Phi) is 13.0. The number of unbranched alkanes of at least 4 members (excludes halogenated alkanes) is 1. The predicted molar refractivity (Wildman–Crippen MR) is 201 cm³/mol. The van der Waals surface area contributed by atoms with E-state index in [1.165, 1.54) is 4.57 Å². The maximum Gasteiger partial charge on any atom is 0.419 e. The van der Waals surface area contributed by atoms with Crippen molar-refractivity contribution in [2.24, 2.45) is 0 Å². The number of rotatable bonds is 11. The number of piperazine rings is 1. The highest BCUT2D eigenvalue weighted by Gasteiger charge is 2.41. The topological polar surface area (TPSA) is 140 Å². The molecule has 1 fully saturated rings. The van der Waals surface area contributed by atoms with Gasteiger partial charge in [0.05, 0.1) is 17.6 Å². The van der Waals surface area contributed by atoms with Crippen LogP contribution in [0.15, 0.2) is 60.8 Å². The molecule has 0 unspecified atom stereocenters. The first-order valence-electron chi connectivity index (χ1n) is 18.2. The first-order chi connectivity index (χ1) is 24.3. The molecule has 1 aliphatic rings. The Hall–Kier alpha value is -4.58. The maximum absolute atomic E-state index is 13.6. The van der Waals surface area contributed by atoms with Crippen LogP contribution in [0.2, 0.25) is 0 Å². The molecule has 1 aliphatic heterocycles. The number of fused-ring (bicyclic) bond motifs is 1. The molecule has 2 heterocycles. The lowest BCUT2D eigenvalue weighted by Gasteiger charge is -2.45. The number of para-hydroxylation sites is 1. The summed E-state index contributed by atoms with van der Waals surface area (Å²) in [6.45, 7) is 17.5. The minimum Gasteiger partial charge on any atom is -0.444 e. The highest BCUT2D eigenvalue weighted by Crippen LogP contribution is 2.28. The summed E-state index contributed by atoms with van der Waals surface area (Å²) in [6.07, 6.45) is 2.42. The second-order valence-corrected chi connectivity index (χ2v) is 16.4. The fourth-order valence-electron chi connectivity index (χ4n) is 6.34. The van der Waals surface area contributed by atoms with E-state index in [1.807, 2.05) is 117 Å². The maximum atomic E-state index is 13.6. The number of nitrogens with one attached hydrogen (secondary N) is 3. The van der Waals surface area contributed by atoms with Crippen molar-refractivity contribution in [3.05, 3.63) is 71.9 Å². The number of aromatic nitrogens is 1. The number of alkyl carbamates (subject to hydrolysis) is 2. The van der Waals surface area contributed by atoms with E-state index >= 15 is 0 Å². The number of nitrogens with zero attached hydrogens (tertiary/aromatic N) is 2. The van der Waals surface area contributed by atoms with Gasteiger partial charge in [-0.05, 0) is 105 Å². The Morgan fingerprint density at radius 2 is 1.44 bits per heavy atom. The monoisotopic (exact) mass is 719 g/mol. The van der Waals surface area contributed by atoms with Gasteiger partial charge in [-0.3, -0.25) is 14.3 Å². The van der Waals surface area contributed by atoms with Gasteiger partial charge in [-0.15, -0.1) is 0 Å². The van der Waals surface area contributed by atoms with Crippen molar-refractivity contribution >= 4 is 35.1 Å². The molecular weight excluding hydrogens is 662 g/mol. The van der Waals surface area contributed by atoms with Crippen LogP contribution in [0.1, 0.15) is 92.7 Å². The number of amides is 3. The minimum atomic E-state index is -0.734. The quantitative estimate of drug-likeness (QED) is 0.143. The molecule has 0 radical (unpaired) electrons. The summed E-state index contributed by atoms with van der Waals surface area (Å²) in [5.41, 5.74) is 0.537. The average molecular weight is 720 g/mol. The Bertz CT molecular complexity index is 1680. The van der Waals surface area contributed by atoms with E-state index in [9.17, 15) is 19.2 Å². The second kappa shape index (κ2) is 16.8. The first kappa shape index (κ1) is 40.2. The van der Waals surface area contributed by atoms with E-state index in [1.54, 1.807) is 6.20 Å². The van der Waals surface area contributed by atoms with Gasteiger partial charge >= 0.3 is 18.3 Å². The van der Waals surface area contributed by atoms with Gasteiger partial charge < -0.3 is 30.2 Å². The molecule has 3 aromatic rings. The molecule has 0 spiro atoms. The van der Waals surface area contributed by atoms with Gasteiger partial charge in [0.2, 0.25) is 5.91 Å². The smallest absolute Gasteiger partial charge is 0.419 e. The molecule has 0 aliphatic carbocycles. The van der Waals surface area contributed by atoms with Gasteiger partial charge in [-0.25, -0.2) is 14.4 Å². The van der Waals surface area contributed by atoms with Crippen LogP contribution in [0.5, 0.6) is 0 Å². The molecule has 52 heavy (non-hydrogen) atoms. The molecule has 12 heteroatoms. The third-order valence-electron chi connectivity index (χ3n) is 8.39. The fourth-order valence-corrected chi connectivity index (χ4v) is 6.34. The molecule has 0 saturated carbocycles. The highest BCUT2D eigenvalue weighted by atomic mass is 16.6. The number of carbonyl (C=O) groups is 4. The summed E-state index contributed by atoms with van der Waals surface area (Å²) in [6, 6.07) is 16.1. The Morgan fingerprint density at radius 1 is 0.827 bits per heavy atom. The fraction of sp³-hybridized carbons (Fsp3) is 0.550. The van der Waals surface area contributed by atoms with E-state index in [-0.39, 0.29) is 18.5 Å². The van der Waals surface area contributed by atoms with E-state index in [0.29, 0.717) is 44.3 Å². The molecule has 3 amide bonds. The zero-order valence-corrected chi connectivity index (χ0v) is 32.2. The first-order valence-corrected chi connectivity index (χ1v) is 18.2. The lowest BCUT2D eigenvalue weighted by Crippen LogP contribution is -2.66. The zero-order valence-electron chi connectivity index (χ0n) is 32.2. The van der Waals surface area contributed by atoms with Crippen molar-refractivity contribution in [3.63, 3.8) is 0 Å².